The van der Waals surface area contributed by atoms with Gasteiger partial charge in [-0.3, -0.25) is 4.28 Å². The second-order valence-electron chi connectivity index (χ2n) is 4.46. The number of fused-ring (bicyclic) bond motifs is 3. The van der Waals surface area contributed by atoms with Crippen LogP contribution < -0.4 is 4.74 Å². The van der Waals surface area contributed by atoms with E-state index in [4.69, 9.17) is 4.74 Å². The van der Waals surface area contributed by atoms with Crippen LogP contribution in [-0.4, -0.2) is 26.2 Å². The summed E-state index contributed by atoms with van der Waals surface area (Å²) in [5.74, 6) is 0.408. The lowest BCUT2D eigenvalue weighted by Crippen LogP contribution is -2.24. The van der Waals surface area contributed by atoms with E-state index in [1.165, 1.54) is 0 Å². The third kappa shape index (κ3) is 2.37. The molecule has 2 aromatic carbocycles. The SMILES string of the molecule is O=S(=O)(O/N=C1/COc2ccc3ccccc3c21)C(F)(F)F. The van der Waals surface area contributed by atoms with Crippen molar-refractivity contribution in [3.8, 4) is 5.75 Å². The van der Waals surface area contributed by atoms with Crippen LogP contribution in [0.5, 0.6) is 5.75 Å². The van der Waals surface area contributed by atoms with Crippen LogP contribution in [0.2, 0.25) is 0 Å². The predicted molar refractivity (Wildman–Crippen MR) is 72.0 cm³/mol. The summed E-state index contributed by atoms with van der Waals surface area (Å²) < 4.78 is 67.5. The number of halogens is 3. The summed E-state index contributed by atoms with van der Waals surface area (Å²) in [7, 11) is -5.78. The Hall–Kier alpha value is -2.29. The molecule has 0 aliphatic carbocycles. The number of hydrogen-bond donors (Lipinski definition) is 0. The Balaban J connectivity index is 2.05. The Morgan fingerprint density at radius 1 is 1.14 bits per heavy atom. The molecule has 0 atom stereocenters. The smallest absolute Gasteiger partial charge is 0.486 e. The minimum atomic E-state index is -5.78. The fourth-order valence-corrected chi connectivity index (χ4v) is 2.37. The highest BCUT2D eigenvalue weighted by molar-refractivity contribution is 7.87. The molecule has 2 aromatic rings. The van der Waals surface area contributed by atoms with Gasteiger partial charge in [0.2, 0.25) is 0 Å². The number of hydrogen-bond acceptors (Lipinski definition) is 5. The van der Waals surface area contributed by atoms with E-state index in [9.17, 15) is 21.6 Å². The first-order valence-corrected chi connectivity index (χ1v) is 7.42. The van der Waals surface area contributed by atoms with Gasteiger partial charge in [0.15, 0.2) is 0 Å². The zero-order valence-electron chi connectivity index (χ0n) is 10.8. The molecule has 9 heteroatoms. The molecule has 0 amide bonds. The van der Waals surface area contributed by atoms with Crippen LogP contribution in [0.4, 0.5) is 13.2 Å². The zero-order valence-corrected chi connectivity index (χ0v) is 11.6. The summed E-state index contributed by atoms with van der Waals surface area (Å²) in [5.41, 5.74) is -5.12. The molecule has 0 unspecified atom stereocenters. The molecule has 0 saturated carbocycles. The van der Waals surface area contributed by atoms with E-state index < -0.39 is 15.6 Å². The molecule has 116 valence electrons. The van der Waals surface area contributed by atoms with Gasteiger partial charge in [0.1, 0.15) is 18.1 Å². The fourth-order valence-electron chi connectivity index (χ4n) is 2.10. The Kier molecular flexibility index (Phi) is 3.24. The van der Waals surface area contributed by atoms with Gasteiger partial charge in [-0.25, -0.2) is 0 Å². The van der Waals surface area contributed by atoms with Crippen molar-refractivity contribution in [2.75, 3.05) is 6.61 Å². The molecule has 0 radical (unpaired) electrons. The van der Waals surface area contributed by atoms with Crippen LogP contribution in [0.25, 0.3) is 10.8 Å². The number of alkyl halides is 3. The van der Waals surface area contributed by atoms with Crippen LogP contribution in [0.15, 0.2) is 41.6 Å². The minimum Gasteiger partial charge on any atom is -0.486 e. The lowest BCUT2D eigenvalue weighted by molar-refractivity contribution is -0.0541. The summed E-state index contributed by atoms with van der Waals surface area (Å²) in [6, 6.07) is 10.5. The normalized spacial score (nSPS) is 16.6. The van der Waals surface area contributed by atoms with Gasteiger partial charge < -0.3 is 4.74 Å². The molecule has 5 nitrogen and oxygen atoms in total. The van der Waals surface area contributed by atoms with Crippen LogP contribution >= 0.6 is 0 Å². The summed E-state index contributed by atoms with van der Waals surface area (Å²) in [6.45, 7) is -0.170. The molecular weight excluding hydrogens is 323 g/mol. The van der Waals surface area contributed by atoms with Crippen molar-refractivity contribution in [2.45, 2.75) is 5.51 Å². The molecule has 0 saturated heterocycles. The topological polar surface area (TPSA) is 65.0 Å². The van der Waals surface area contributed by atoms with Crippen LogP contribution in [0, 0.1) is 0 Å². The number of nitrogens with zero attached hydrogens (tertiary/aromatic N) is 1. The Morgan fingerprint density at radius 2 is 1.86 bits per heavy atom. The van der Waals surface area contributed by atoms with E-state index in [1.807, 2.05) is 0 Å². The second-order valence-corrected chi connectivity index (χ2v) is 5.98. The monoisotopic (exact) mass is 331 g/mol. The summed E-state index contributed by atoms with van der Waals surface area (Å²) in [6.07, 6.45) is 0. The summed E-state index contributed by atoms with van der Waals surface area (Å²) in [4.78, 5) is 0. The quantitative estimate of drug-likeness (QED) is 0.627. The van der Waals surface area contributed by atoms with Gasteiger partial charge in [-0.1, -0.05) is 35.5 Å². The third-order valence-corrected chi connectivity index (χ3v) is 3.91. The van der Waals surface area contributed by atoms with E-state index in [0.717, 1.165) is 5.39 Å². The fraction of sp³-hybridized carbons (Fsp3) is 0.154. The Morgan fingerprint density at radius 3 is 2.59 bits per heavy atom. The molecule has 0 N–H and O–H groups in total. The lowest BCUT2D eigenvalue weighted by Gasteiger charge is -2.06. The molecule has 1 aliphatic rings. The zero-order chi connectivity index (χ0) is 16.0. The first kappa shape index (κ1) is 14.6. The maximum absolute atomic E-state index is 12.2. The molecule has 0 aromatic heterocycles. The molecule has 1 aliphatic heterocycles. The van der Waals surface area contributed by atoms with E-state index >= 15 is 0 Å². The highest BCUT2D eigenvalue weighted by atomic mass is 32.2. The first-order valence-electron chi connectivity index (χ1n) is 6.01. The van der Waals surface area contributed by atoms with Crippen molar-refractivity contribution in [1.29, 1.82) is 0 Å². The molecule has 22 heavy (non-hydrogen) atoms. The average molecular weight is 331 g/mol. The number of benzene rings is 2. The first-order chi connectivity index (χ1) is 10.3. The summed E-state index contributed by atoms with van der Waals surface area (Å²) >= 11 is 0. The van der Waals surface area contributed by atoms with Crippen molar-refractivity contribution in [3.05, 3.63) is 42.0 Å². The minimum absolute atomic E-state index is 0.0142. The summed E-state index contributed by atoms with van der Waals surface area (Å²) in [5, 5.41) is 4.64. The third-order valence-electron chi connectivity index (χ3n) is 3.07. The maximum Gasteiger partial charge on any atom is 0.536 e. The highest BCUT2D eigenvalue weighted by Gasteiger charge is 2.49. The average Bonchev–Trinajstić information content (AvgIpc) is 2.87. The van der Waals surface area contributed by atoms with E-state index in [2.05, 4.69) is 9.44 Å². The van der Waals surface area contributed by atoms with Gasteiger partial charge in [-0.05, 0) is 16.8 Å². The maximum atomic E-state index is 12.2. The van der Waals surface area contributed by atoms with Crippen molar-refractivity contribution >= 4 is 26.6 Å². The van der Waals surface area contributed by atoms with Gasteiger partial charge in [-0.2, -0.15) is 21.6 Å². The lowest BCUT2D eigenvalue weighted by atomic mass is 10.0. The van der Waals surface area contributed by atoms with Gasteiger partial charge >= 0.3 is 15.6 Å². The molecule has 0 spiro atoms. The van der Waals surface area contributed by atoms with Crippen molar-refractivity contribution in [3.63, 3.8) is 0 Å². The molecule has 1 heterocycles. The van der Waals surface area contributed by atoms with E-state index in [-0.39, 0.29) is 12.3 Å². The van der Waals surface area contributed by atoms with Crippen LogP contribution in [0.1, 0.15) is 5.56 Å². The molecule has 3 rings (SSSR count). The standard InChI is InChI=1S/C13H8F3NO4S/c14-13(15,16)22(18,19)21-17-10-7-20-11-6-5-8-3-1-2-4-9(8)12(10)11/h1-6H,7H2/b17-10-. The largest absolute Gasteiger partial charge is 0.536 e. The molecular formula is C13H8F3NO4S. The van der Waals surface area contributed by atoms with Crippen LogP contribution in [-0.2, 0) is 14.4 Å². The van der Waals surface area contributed by atoms with Gasteiger partial charge in [-0.15, -0.1) is 0 Å². The molecule has 0 bridgehead atoms. The number of rotatable bonds is 2. The van der Waals surface area contributed by atoms with Crippen LogP contribution in [0.3, 0.4) is 0 Å². The van der Waals surface area contributed by atoms with Gasteiger partial charge in [0.25, 0.3) is 0 Å². The number of ether oxygens (including phenoxy) is 1. The molecule has 0 fully saturated rings. The van der Waals surface area contributed by atoms with Crippen molar-refractivity contribution in [2.24, 2.45) is 5.16 Å². The van der Waals surface area contributed by atoms with Crippen molar-refractivity contribution < 1.29 is 30.6 Å². The second kappa shape index (κ2) is 4.87. The van der Waals surface area contributed by atoms with Gasteiger partial charge in [0, 0.05) is 0 Å². The van der Waals surface area contributed by atoms with E-state index in [1.54, 1.807) is 36.4 Å². The van der Waals surface area contributed by atoms with E-state index in [0.29, 0.717) is 16.7 Å². The Labute approximate surface area is 123 Å². The Bertz CT molecular complexity index is 874. The van der Waals surface area contributed by atoms with Gasteiger partial charge in [0.05, 0.1) is 5.56 Å². The highest BCUT2D eigenvalue weighted by Crippen LogP contribution is 2.33. The predicted octanol–water partition coefficient (Wildman–Crippen LogP) is 2.80. The van der Waals surface area contributed by atoms with Crippen molar-refractivity contribution in [1.82, 2.24) is 0 Å². The number of oxime groups is 1.